The normalized spacial score (nSPS) is 13.3. The van der Waals surface area contributed by atoms with E-state index in [4.69, 9.17) is 14.5 Å². The molecule has 0 amide bonds. The van der Waals surface area contributed by atoms with Gasteiger partial charge in [0.05, 0.1) is 17.7 Å². The van der Waals surface area contributed by atoms with Crippen LogP contribution in [0.5, 0.6) is 17.4 Å². The Kier molecular flexibility index (Phi) is 7.80. The molecule has 0 radical (unpaired) electrons. The highest BCUT2D eigenvalue weighted by molar-refractivity contribution is 7.88. The second-order valence-corrected chi connectivity index (χ2v) is 11.7. The average molecular weight is 625 g/mol. The highest BCUT2D eigenvalue weighted by atomic mass is 32.2. The Balaban J connectivity index is 1.30. The van der Waals surface area contributed by atoms with E-state index in [1.54, 1.807) is 17.6 Å². The Labute approximate surface area is 251 Å². The van der Waals surface area contributed by atoms with Gasteiger partial charge in [0.2, 0.25) is 11.8 Å². The Morgan fingerprint density at radius 3 is 2.55 bits per heavy atom. The lowest BCUT2D eigenvalue weighted by atomic mass is 10.1. The van der Waals surface area contributed by atoms with Crippen LogP contribution in [0.15, 0.2) is 78.9 Å². The van der Waals surface area contributed by atoms with Gasteiger partial charge in [-0.15, -0.1) is 0 Å². The summed E-state index contributed by atoms with van der Waals surface area (Å²) < 4.78 is 80.5. The van der Waals surface area contributed by atoms with Gasteiger partial charge in [0.25, 0.3) is 0 Å². The van der Waals surface area contributed by atoms with Gasteiger partial charge in [0, 0.05) is 17.6 Å². The first-order valence-electron chi connectivity index (χ1n) is 13.7. The molecule has 9 nitrogen and oxygen atoms in total. The Hall–Kier alpha value is -4.78. The van der Waals surface area contributed by atoms with Crippen molar-refractivity contribution in [2.24, 2.45) is 0 Å². The summed E-state index contributed by atoms with van der Waals surface area (Å²) >= 11 is 0. The summed E-state index contributed by atoms with van der Waals surface area (Å²) in [6.07, 6.45) is 1.48. The third kappa shape index (κ3) is 6.00. The molecule has 228 valence electrons. The van der Waals surface area contributed by atoms with Gasteiger partial charge < -0.3 is 19.0 Å². The van der Waals surface area contributed by atoms with E-state index < -0.39 is 21.4 Å². The Morgan fingerprint density at radius 2 is 1.75 bits per heavy atom. The molecule has 0 aliphatic carbocycles. The molecule has 0 saturated heterocycles. The Bertz CT molecular complexity index is 1930. The number of fused-ring (bicyclic) bond motifs is 2. The molecular formula is C31H27F3N4O5S. The number of nitrogens with zero attached hydrogens (tertiary/aromatic N) is 3. The van der Waals surface area contributed by atoms with E-state index in [2.05, 4.69) is 14.5 Å². The summed E-state index contributed by atoms with van der Waals surface area (Å²) in [5.74, 6) is 1.42. The number of hydrogen-bond donors (Lipinski definition) is 1. The number of nitrogens with one attached hydrogen (secondary N) is 1. The molecular weight excluding hydrogens is 597 g/mol. The maximum Gasteiger partial charge on any atom is 0.534 e. The van der Waals surface area contributed by atoms with Crippen molar-refractivity contribution in [3.8, 4) is 23.3 Å². The quantitative estimate of drug-likeness (QED) is 0.147. The van der Waals surface area contributed by atoms with Gasteiger partial charge in [-0.2, -0.15) is 31.6 Å². The molecule has 0 atom stereocenters. The largest absolute Gasteiger partial charge is 0.534 e. The van der Waals surface area contributed by atoms with Gasteiger partial charge in [-0.1, -0.05) is 48.5 Å². The topological polar surface area (TPSA) is 105 Å². The van der Waals surface area contributed by atoms with Crippen LogP contribution in [0.4, 0.5) is 19.0 Å². The van der Waals surface area contributed by atoms with Crippen molar-refractivity contribution in [3.05, 3.63) is 101 Å². The van der Waals surface area contributed by atoms with Gasteiger partial charge in [-0.05, 0) is 61.2 Å². The molecule has 2 aromatic heterocycles. The van der Waals surface area contributed by atoms with Gasteiger partial charge in [-0.3, -0.25) is 4.57 Å². The molecule has 0 unspecified atom stereocenters. The SMILES string of the molecule is Cc1cc2c(OS(=O)(=O)C(F)(F)F)cccc2n1-c1nc(NCc2cccc(OCc3ccccc3)c2)c2c(n1)OCCC2. The van der Waals surface area contributed by atoms with Crippen LogP contribution in [0.3, 0.4) is 0 Å². The zero-order valence-electron chi connectivity index (χ0n) is 23.5. The van der Waals surface area contributed by atoms with Crippen LogP contribution < -0.4 is 19.0 Å². The maximum absolute atomic E-state index is 13.0. The van der Waals surface area contributed by atoms with Crippen molar-refractivity contribution in [1.29, 1.82) is 0 Å². The number of hydrogen-bond acceptors (Lipinski definition) is 8. The first kappa shape index (κ1) is 29.3. The number of anilines is 1. The molecule has 3 aromatic carbocycles. The third-order valence-electron chi connectivity index (χ3n) is 7.05. The number of ether oxygens (including phenoxy) is 2. The van der Waals surface area contributed by atoms with E-state index in [1.165, 1.54) is 12.1 Å². The first-order chi connectivity index (χ1) is 21.1. The third-order valence-corrected chi connectivity index (χ3v) is 8.01. The highest BCUT2D eigenvalue weighted by Gasteiger charge is 2.48. The van der Waals surface area contributed by atoms with Crippen molar-refractivity contribution < 1.29 is 35.2 Å². The van der Waals surface area contributed by atoms with Crippen LogP contribution in [0, 0.1) is 6.92 Å². The van der Waals surface area contributed by atoms with E-state index in [0.29, 0.717) is 49.1 Å². The summed E-state index contributed by atoms with van der Waals surface area (Å²) in [5, 5.41) is 3.54. The van der Waals surface area contributed by atoms with Gasteiger partial charge in [0.15, 0.2) is 5.75 Å². The monoisotopic (exact) mass is 624 g/mol. The second-order valence-electron chi connectivity index (χ2n) is 10.2. The van der Waals surface area contributed by atoms with Crippen LogP contribution in [-0.2, 0) is 29.7 Å². The molecule has 0 bridgehead atoms. The lowest BCUT2D eigenvalue weighted by Crippen LogP contribution is -2.28. The molecule has 6 rings (SSSR count). The summed E-state index contributed by atoms with van der Waals surface area (Å²) in [7, 11) is -5.86. The number of benzene rings is 3. The fraction of sp³-hybridized carbons (Fsp3) is 0.226. The number of halogens is 3. The van der Waals surface area contributed by atoms with E-state index in [1.807, 2.05) is 54.6 Å². The zero-order valence-corrected chi connectivity index (χ0v) is 24.3. The van der Waals surface area contributed by atoms with Crippen LogP contribution >= 0.6 is 0 Å². The maximum atomic E-state index is 13.0. The average Bonchev–Trinajstić information content (AvgIpc) is 3.35. The summed E-state index contributed by atoms with van der Waals surface area (Å²) in [6, 6.07) is 23.3. The predicted octanol–water partition coefficient (Wildman–Crippen LogP) is 6.47. The van der Waals surface area contributed by atoms with Gasteiger partial charge in [0.1, 0.15) is 18.2 Å². The zero-order chi connectivity index (χ0) is 30.9. The molecule has 0 spiro atoms. The van der Waals surface area contributed by atoms with Crippen molar-refractivity contribution in [3.63, 3.8) is 0 Å². The van der Waals surface area contributed by atoms with Crippen LogP contribution in [0.1, 0.15) is 28.8 Å². The summed E-state index contributed by atoms with van der Waals surface area (Å²) in [5.41, 5.74) is -1.83. The molecule has 3 heterocycles. The van der Waals surface area contributed by atoms with Crippen molar-refractivity contribution in [2.45, 2.75) is 38.4 Å². The van der Waals surface area contributed by atoms with Gasteiger partial charge >= 0.3 is 15.6 Å². The van der Waals surface area contributed by atoms with Crippen molar-refractivity contribution in [1.82, 2.24) is 14.5 Å². The first-order valence-corrected chi connectivity index (χ1v) is 15.2. The number of rotatable bonds is 9. The number of aryl methyl sites for hydroxylation is 1. The minimum atomic E-state index is -5.86. The lowest BCUT2D eigenvalue weighted by Gasteiger charge is -2.21. The number of aromatic nitrogens is 3. The minimum Gasteiger partial charge on any atom is -0.489 e. The standard InChI is InChI=1S/C31H27F3N4O5S/c1-20-16-25-26(13-6-14-27(25)43-44(39,40)31(32,33)34)38(20)30-36-28(24-12-7-15-41-29(24)37-30)35-18-22-10-5-11-23(17-22)42-19-21-8-3-2-4-9-21/h2-6,8-11,13-14,16-17H,7,12,15,18-19H2,1H3,(H,35,36,37). The lowest BCUT2D eigenvalue weighted by molar-refractivity contribution is -0.0499. The van der Waals surface area contributed by atoms with Crippen LogP contribution in [0.25, 0.3) is 16.9 Å². The molecule has 1 aliphatic rings. The minimum absolute atomic E-state index is 0.155. The smallest absolute Gasteiger partial charge is 0.489 e. The van der Waals surface area contributed by atoms with Crippen LogP contribution in [0.2, 0.25) is 0 Å². The second kappa shape index (κ2) is 11.7. The fourth-order valence-electron chi connectivity index (χ4n) is 4.97. The molecule has 44 heavy (non-hydrogen) atoms. The van der Waals surface area contributed by atoms with E-state index >= 15 is 0 Å². The fourth-order valence-corrected chi connectivity index (χ4v) is 5.45. The van der Waals surface area contributed by atoms with E-state index in [0.717, 1.165) is 34.9 Å². The van der Waals surface area contributed by atoms with Crippen molar-refractivity contribution in [2.75, 3.05) is 11.9 Å². The molecule has 0 saturated carbocycles. The molecule has 1 N–H and O–H groups in total. The van der Waals surface area contributed by atoms with E-state index in [-0.39, 0.29) is 11.3 Å². The van der Waals surface area contributed by atoms with Gasteiger partial charge in [-0.25, -0.2) is 0 Å². The molecule has 0 fully saturated rings. The van der Waals surface area contributed by atoms with Crippen LogP contribution in [-0.4, -0.2) is 35.1 Å². The molecule has 13 heteroatoms. The van der Waals surface area contributed by atoms with Crippen molar-refractivity contribution >= 4 is 26.8 Å². The number of alkyl halides is 3. The van der Waals surface area contributed by atoms with E-state index in [9.17, 15) is 21.6 Å². The Morgan fingerprint density at radius 1 is 0.977 bits per heavy atom. The predicted molar refractivity (Wildman–Crippen MR) is 158 cm³/mol. The summed E-state index contributed by atoms with van der Waals surface area (Å²) in [4.78, 5) is 9.41. The molecule has 1 aliphatic heterocycles. The highest BCUT2D eigenvalue weighted by Crippen LogP contribution is 2.36. The molecule has 5 aromatic rings. The summed E-state index contributed by atoms with van der Waals surface area (Å²) in [6.45, 7) is 3.04.